The van der Waals surface area contributed by atoms with Gasteiger partial charge in [-0.2, -0.15) is 0 Å². The zero-order valence-corrected chi connectivity index (χ0v) is 12.8. The summed E-state index contributed by atoms with van der Waals surface area (Å²) in [5.41, 5.74) is 0. The van der Waals surface area contributed by atoms with Crippen LogP contribution in [0.15, 0.2) is 39.5 Å². The van der Waals surface area contributed by atoms with E-state index in [0.29, 0.717) is 16.1 Å². The van der Waals surface area contributed by atoms with Crippen LogP contribution in [0.1, 0.15) is 6.92 Å². The first-order valence-electron chi connectivity index (χ1n) is 5.39. The summed E-state index contributed by atoms with van der Waals surface area (Å²) in [6.45, 7) is 2.78. The number of anilines is 1. The molecule has 1 N–H and O–H groups in total. The molecule has 0 aliphatic heterocycles. The molecule has 18 heavy (non-hydrogen) atoms. The number of aromatic nitrogens is 2. The van der Waals surface area contributed by atoms with Crippen molar-refractivity contribution in [3.8, 4) is 11.6 Å². The van der Waals surface area contributed by atoms with Crippen LogP contribution in [-0.2, 0) is 0 Å². The van der Waals surface area contributed by atoms with Crippen LogP contribution < -0.4 is 10.1 Å². The molecule has 94 valence electrons. The molecule has 0 aliphatic rings. The van der Waals surface area contributed by atoms with Gasteiger partial charge in [0.25, 0.3) is 0 Å². The summed E-state index contributed by atoms with van der Waals surface area (Å²) in [6, 6.07) is 7.61. The third-order valence-electron chi connectivity index (χ3n) is 2.15. The van der Waals surface area contributed by atoms with Gasteiger partial charge >= 0.3 is 0 Å². The largest absolute Gasteiger partial charge is 0.436 e. The molecule has 2 aromatic rings. The van der Waals surface area contributed by atoms with Crippen LogP contribution in [0.4, 0.5) is 5.82 Å². The molecule has 0 spiro atoms. The Morgan fingerprint density at radius 2 is 2.00 bits per heavy atom. The lowest BCUT2D eigenvalue weighted by Crippen LogP contribution is -2.02. The Balaban J connectivity index is 2.30. The van der Waals surface area contributed by atoms with Crippen molar-refractivity contribution >= 4 is 37.7 Å². The molecule has 1 heterocycles. The molecule has 0 atom stereocenters. The van der Waals surface area contributed by atoms with Gasteiger partial charge in [-0.1, -0.05) is 12.1 Å². The smallest absolute Gasteiger partial charge is 0.238 e. The van der Waals surface area contributed by atoms with Crippen LogP contribution >= 0.6 is 31.9 Å². The topological polar surface area (TPSA) is 47.0 Å². The second-order valence-corrected chi connectivity index (χ2v) is 5.05. The van der Waals surface area contributed by atoms with Crippen molar-refractivity contribution in [3.05, 3.63) is 39.5 Å². The van der Waals surface area contributed by atoms with Crippen molar-refractivity contribution < 1.29 is 4.74 Å². The fraction of sp³-hybridized carbons (Fsp3) is 0.167. The number of hydrogen-bond donors (Lipinski definition) is 1. The molecule has 1 aromatic carbocycles. The highest BCUT2D eigenvalue weighted by atomic mass is 79.9. The van der Waals surface area contributed by atoms with Crippen LogP contribution in [0.2, 0.25) is 0 Å². The molecule has 0 saturated heterocycles. The maximum atomic E-state index is 5.74. The van der Waals surface area contributed by atoms with Gasteiger partial charge < -0.3 is 10.1 Å². The fourth-order valence-corrected chi connectivity index (χ4v) is 2.14. The van der Waals surface area contributed by atoms with Crippen molar-refractivity contribution in [2.24, 2.45) is 0 Å². The van der Waals surface area contributed by atoms with Gasteiger partial charge in [-0.25, -0.2) is 9.97 Å². The molecule has 4 nitrogen and oxygen atoms in total. The summed E-state index contributed by atoms with van der Waals surface area (Å²) in [5.74, 6) is 1.90. The SMILES string of the molecule is CCNc1ncnc(Oc2ccccc2Br)c1Br. The molecule has 0 amide bonds. The minimum Gasteiger partial charge on any atom is -0.436 e. The monoisotopic (exact) mass is 371 g/mol. The van der Waals surface area contributed by atoms with E-state index in [4.69, 9.17) is 4.74 Å². The standard InChI is InChI=1S/C12H11Br2N3O/c1-2-15-11-10(14)12(17-7-16-11)18-9-6-4-3-5-8(9)13/h3-7H,2H2,1H3,(H,15,16,17). The van der Waals surface area contributed by atoms with Gasteiger partial charge in [0.05, 0.1) is 4.47 Å². The number of rotatable bonds is 4. The van der Waals surface area contributed by atoms with Crippen molar-refractivity contribution in [1.29, 1.82) is 0 Å². The lowest BCUT2D eigenvalue weighted by molar-refractivity contribution is 0.455. The Hall–Kier alpha value is -1.14. The molecule has 0 bridgehead atoms. The summed E-state index contributed by atoms with van der Waals surface area (Å²) in [6.07, 6.45) is 1.47. The Labute approximate surface area is 122 Å². The highest BCUT2D eigenvalue weighted by Crippen LogP contribution is 2.34. The molecule has 0 fully saturated rings. The van der Waals surface area contributed by atoms with Crippen LogP contribution in [0, 0.1) is 0 Å². The molecular formula is C12H11Br2N3O. The summed E-state index contributed by atoms with van der Waals surface area (Å²) in [7, 11) is 0. The van der Waals surface area contributed by atoms with E-state index in [1.54, 1.807) is 0 Å². The maximum Gasteiger partial charge on any atom is 0.238 e. The van der Waals surface area contributed by atoms with Gasteiger partial charge in [0.1, 0.15) is 22.4 Å². The second kappa shape index (κ2) is 6.15. The highest BCUT2D eigenvalue weighted by Gasteiger charge is 2.11. The Morgan fingerprint density at radius 3 is 2.72 bits per heavy atom. The second-order valence-electron chi connectivity index (χ2n) is 3.40. The van der Waals surface area contributed by atoms with Gasteiger partial charge in [-0.05, 0) is 50.9 Å². The zero-order valence-electron chi connectivity index (χ0n) is 9.65. The third-order valence-corrected chi connectivity index (χ3v) is 3.51. The van der Waals surface area contributed by atoms with Crippen molar-refractivity contribution in [1.82, 2.24) is 9.97 Å². The number of benzene rings is 1. The number of halogens is 2. The van der Waals surface area contributed by atoms with Crippen molar-refractivity contribution in [2.45, 2.75) is 6.92 Å². The molecular weight excluding hydrogens is 362 g/mol. The van der Waals surface area contributed by atoms with E-state index in [1.807, 2.05) is 31.2 Å². The highest BCUT2D eigenvalue weighted by molar-refractivity contribution is 9.11. The maximum absolute atomic E-state index is 5.74. The van der Waals surface area contributed by atoms with E-state index in [2.05, 4.69) is 47.1 Å². The molecule has 0 unspecified atom stereocenters. The number of nitrogens with zero attached hydrogens (tertiary/aromatic N) is 2. The predicted octanol–water partition coefficient (Wildman–Crippen LogP) is 4.23. The molecule has 0 saturated carbocycles. The van der Waals surface area contributed by atoms with Crippen molar-refractivity contribution in [2.75, 3.05) is 11.9 Å². The van der Waals surface area contributed by atoms with E-state index < -0.39 is 0 Å². The van der Waals surface area contributed by atoms with E-state index in [9.17, 15) is 0 Å². The number of hydrogen-bond acceptors (Lipinski definition) is 4. The molecule has 6 heteroatoms. The number of ether oxygens (including phenoxy) is 1. The van der Waals surface area contributed by atoms with E-state index in [1.165, 1.54) is 6.33 Å². The average Bonchev–Trinajstić information content (AvgIpc) is 2.37. The summed E-state index contributed by atoms with van der Waals surface area (Å²) < 4.78 is 7.33. The predicted molar refractivity (Wildman–Crippen MR) is 78.1 cm³/mol. The minimum atomic E-state index is 0.479. The molecule has 0 radical (unpaired) electrons. The lowest BCUT2D eigenvalue weighted by atomic mass is 10.3. The molecule has 2 rings (SSSR count). The van der Waals surface area contributed by atoms with Gasteiger partial charge in [0, 0.05) is 6.54 Å². The lowest BCUT2D eigenvalue weighted by Gasteiger charge is -2.10. The normalized spacial score (nSPS) is 10.2. The molecule has 1 aromatic heterocycles. The van der Waals surface area contributed by atoms with Gasteiger partial charge in [0.15, 0.2) is 0 Å². The quantitative estimate of drug-likeness (QED) is 0.872. The number of para-hydroxylation sites is 1. The van der Waals surface area contributed by atoms with Gasteiger partial charge in [-0.3, -0.25) is 0 Å². The zero-order chi connectivity index (χ0) is 13.0. The number of nitrogens with one attached hydrogen (secondary N) is 1. The van der Waals surface area contributed by atoms with Gasteiger partial charge in [0.2, 0.25) is 5.88 Å². The minimum absolute atomic E-state index is 0.479. The van der Waals surface area contributed by atoms with Crippen LogP contribution in [0.5, 0.6) is 11.6 Å². The third kappa shape index (κ3) is 3.00. The Morgan fingerprint density at radius 1 is 1.22 bits per heavy atom. The van der Waals surface area contributed by atoms with E-state index in [-0.39, 0.29) is 0 Å². The van der Waals surface area contributed by atoms with Crippen molar-refractivity contribution in [3.63, 3.8) is 0 Å². The summed E-state index contributed by atoms with van der Waals surface area (Å²) in [4.78, 5) is 8.25. The first-order valence-corrected chi connectivity index (χ1v) is 6.97. The first kappa shape index (κ1) is 13.3. The van der Waals surface area contributed by atoms with E-state index >= 15 is 0 Å². The first-order chi connectivity index (χ1) is 8.72. The average molecular weight is 373 g/mol. The fourth-order valence-electron chi connectivity index (χ4n) is 1.35. The van der Waals surface area contributed by atoms with E-state index in [0.717, 1.165) is 16.8 Å². The Kier molecular flexibility index (Phi) is 4.54. The summed E-state index contributed by atoms with van der Waals surface area (Å²) in [5, 5.41) is 3.13. The van der Waals surface area contributed by atoms with Gasteiger partial charge in [-0.15, -0.1) is 0 Å². The molecule has 0 aliphatic carbocycles. The van der Waals surface area contributed by atoms with Crippen LogP contribution in [0.3, 0.4) is 0 Å². The summed E-state index contributed by atoms with van der Waals surface area (Å²) >= 11 is 6.86. The van der Waals surface area contributed by atoms with Crippen LogP contribution in [-0.4, -0.2) is 16.5 Å². The Bertz CT molecular complexity index is 549. The van der Waals surface area contributed by atoms with Crippen LogP contribution in [0.25, 0.3) is 0 Å².